The molecule has 0 aliphatic carbocycles. The smallest absolute Gasteiger partial charge is 0.0703 e. The van der Waals surface area contributed by atoms with Gasteiger partial charge in [0.1, 0.15) is 0 Å². The predicted octanol–water partition coefficient (Wildman–Crippen LogP) is 4.01. The zero-order valence-corrected chi connectivity index (χ0v) is 13.9. The van der Waals surface area contributed by atoms with Crippen molar-refractivity contribution in [1.29, 1.82) is 0 Å². The van der Waals surface area contributed by atoms with Gasteiger partial charge in [-0.2, -0.15) is 5.10 Å². The molecule has 0 fully saturated rings. The van der Waals surface area contributed by atoms with E-state index in [9.17, 15) is 0 Å². The van der Waals surface area contributed by atoms with Crippen molar-refractivity contribution in [3.05, 3.63) is 30.0 Å². The van der Waals surface area contributed by atoms with Crippen molar-refractivity contribution in [3.8, 4) is 0 Å². The second-order valence-corrected chi connectivity index (χ2v) is 6.12. The molecule has 0 radical (unpaired) electrons. The van der Waals surface area contributed by atoms with Crippen molar-refractivity contribution in [3.63, 3.8) is 0 Å². The van der Waals surface area contributed by atoms with E-state index in [0.29, 0.717) is 12.0 Å². The summed E-state index contributed by atoms with van der Waals surface area (Å²) in [5, 5.41) is 9.80. The normalized spacial score (nSPS) is 13.2. The first-order valence-corrected chi connectivity index (χ1v) is 8.35. The maximum absolute atomic E-state index is 4.81. The molecule has 1 atom stereocenters. The van der Waals surface area contributed by atoms with Crippen molar-refractivity contribution < 1.29 is 0 Å². The molecule has 0 bridgehead atoms. The molecule has 2 aromatic rings. The maximum Gasteiger partial charge on any atom is 0.0703 e. The summed E-state index contributed by atoms with van der Waals surface area (Å²) in [6, 6.07) is 9.16. The van der Waals surface area contributed by atoms with Crippen LogP contribution in [0.15, 0.2) is 24.3 Å². The van der Waals surface area contributed by atoms with E-state index >= 15 is 0 Å². The van der Waals surface area contributed by atoms with E-state index in [1.54, 1.807) is 0 Å². The number of hydrogen-bond acceptors (Lipinski definition) is 2. The van der Waals surface area contributed by atoms with Crippen LogP contribution in [-0.4, -0.2) is 22.4 Å². The van der Waals surface area contributed by atoms with Crippen LogP contribution in [0, 0.1) is 5.92 Å². The SMILES string of the molecule is CCCNC(CCc1nn(CC)c2ccccc12)C(C)C. The molecular weight excluding hydrogens is 258 g/mol. The molecule has 0 aliphatic heterocycles. The number of hydrogen-bond donors (Lipinski definition) is 1. The van der Waals surface area contributed by atoms with Gasteiger partial charge in [0.05, 0.1) is 11.2 Å². The van der Waals surface area contributed by atoms with Crippen LogP contribution in [0.5, 0.6) is 0 Å². The van der Waals surface area contributed by atoms with Gasteiger partial charge in [-0.1, -0.05) is 39.0 Å². The number of para-hydroxylation sites is 1. The zero-order valence-electron chi connectivity index (χ0n) is 13.9. The molecule has 3 heteroatoms. The van der Waals surface area contributed by atoms with Crippen LogP contribution >= 0.6 is 0 Å². The van der Waals surface area contributed by atoms with Crippen LogP contribution < -0.4 is 5.32 Å². The Morgan fingerprint density at radius 2 is 1.95 bits per heavy atom. The van der Waals surface area contributed by atoms with E-state index in [0.717, 1.165) is 25.9 Å². The summed E-state index contributed by atoms with van der Waals surface area (Å²) in [5.41, 5.74) is 2.51. The molecule has 1 aromatic heterocycles. The van der Waals surface area contributed by atoms with Gasteiger partial charge in [0, 0.05) is 18.0 Å². The fourth-order valence-electron chi connectivity index (χ4n) is 2.91. The lowest BCUT2D eigenvalue weighted by Crippen LogP contribution is -2.34. The Morgan fingerprint density at radius 3 is 2.62 bits per heavy atom. The van der Waals surface area contributed by atoms with Gasteiger partial charge in [0.25, 0.3) is 0 Å². The summed E-state index contributed by atoms with van der Waals surface area (Å²) in [7, 11) is 0. The lowest BCUT2D eigenvalue weighted by molar-refractivity contribution is 0.377. The third-order valence-electron chi connectivity index (χ3n) is 4.19. The Morgan fingerprint density at radius 1 is 1.19 bits per heavy atom. The number of nitrogens with zero attached hydrogens (tertiary/aromatic N) is 2. The van der Waals surface area contributed by atoms with Gasteiger partial charge in [-0.05, 0) is 44.7 Å². The Bertz CT molecular complexity index is 557. The molecule has 0 amide bonds. The van der Waals surface area contributed by atoms with Crippen LogP contribution in [0.3, 0.4) is 0 Å². The quantitative estimate of drug-likeness (QED) is 0.795. The van der Waals surface area contributed by atoms with Crippen LogP contribution in [-0.2, 0) is 13.0 Å². The molecule has 1 heterocycles. The van der Waals surface area contributed by atoms with Crippen LogP contribution in [0.2, 0.25) is 0 Å². The molecular formula is C18H29N3. The van der Waals surface area contributed by atoms with Gasteiger partial charge in [-0.15, -0.1) is 0 Å². The summed E-state index contributed by atoms with van der Waals surface area (Å²) in [6.07, 6.45) is 3.39. The second kappa shape index (κ2) is 7.60. The largest absolute Gasteiger partial charge is 0.314 e. The highest BCUT2D eigenvalue weighted by Crippen LogP contribution is 2.21. The number of aromatic nitrogens is 2. The number of rotatable bonds is 8. The number of nitrogens with one attached hydrogen (secondary N) is 1. The predicted molar refractivity (Wildman–Crippen MR) is 90.6 cm³/mol. The second-order valence-electron chi connectivity index (χ2n) is 6.12. The van der Waals surface area contributed by atoms with Crippen molar-refractivity contribution in [2.45, 2.75) is 59.5 Å². The topological polar surface area (TPSA) is 29.9 Å². The molecule has 2 rings (SSSR count). The summed E-state index contributed by atoms with van der Waals surface area (Å²) < 4.78 is 2.12. The van der Waals surface area contributed by atoms with Crippen molar-refractivity contribution in [2.24, 2.45) is 5.92 Å². The summed E-state index contributed by atoms with van der Waals surface area (Å²) >= 11 is 0. The van der Waals surface area contributed by atoms with Gasteiger partial charge in [0.2, 0.25) is 0 Å². The lowest BCUT2D eigenvalue weighted by atomic mass is 9.97. The maximum atomic E-state index is 4.81. The minimum Gasteiger partial charge on any atom is -0.314 e. The van der Waals surface area contributed by atoms with E-state index < -0.39 is 0 Å². The molecule has 0 saturated heterocycles. The summed E-state index contributed by atoms with van der Waals surface area (Å²) in [6.45, 7) is 11.0. The number of benzene rings is 1. The first kappa shape index (κ1) is 16.0. The van der Waals surface area contributed by atoms with Crippen LogP contribution in [0.25, 0.3) is 10.9 Å². The molecule has 0 saturated carbocycles. The molecule has 0 spiro atoms. The molecule has 1 aromatic carbocycles. The lowest BCUT2D eigenvalue weighted by Gasteiger charge is -2.21. The zero-order chi connectivity index (χ0) is 15.2. The Hall–Kier alpha value is -1.35. The van der Waals surface area contributed by atoms with Gasteiger partial charge in [-0.25, -0.2) is 0 Å². The highest BCUT2D eigenvalue weighted by atomic mass is 15.3. The first-order chi connectivity index (χ1) is 10.2. The van der Waals surface area contributed by atoms with Crippen molar-refractivity contribution in [1.82, 2.24) is 15.1 Å². The van der Waals surface area contributed by atoms with Crippen LogP contribution in [0.4, 0.5) is 0 Å². The van der Waals surface area contributed by atoms with Gasteiger partial charge >= 0.3 is 0 Å². The first-order valence-electron chi connectivity index (χ1n) is 8.35. The van der Waals surface area contributed by atoms with E-state index in [4.69, 9.17) is 5.10 Å². The van der Waals surface area contributed by atoms with Crippen LogP contribution in [0.1, 0.15) is 46.2 Å². The van der Waals surface area contributed by atoms with Crippen molar-refractivity contribution in [2.75, 3.05) is 6.54 Å². The molecule has 0 aliphatic rings. The van der Waals surface area contributed by atoms with Crippen molar-refractivity contribution >= 4 is 10.9 Å². The molecule has 1 N–H and O–H groups in total. The van der Waals surface area contributed by atoms with E-state index in [-0.39, 0.29) is 0 Å². The highest BCUT2D eigenvalue weighted by molar-refractivity contribution is 5.81. The third kappa shape index (κ3) is 3.85. The Kier molecular flexibility index (Phi) is 5.80. The highest BCUT2D eigenvalue weighted by Gasteiger charge is 2.15. The summed E-state index contributed by atoms with van der Waals surface area (Å²) in [5.74, 6) is 0.663. The monoisotopic (exact) mass is 287 g/mol. The van der Waals surface area contributed by atoms with E-state index in [2.05, 4.69) is 62.0 Å². The molecule has 3 nitrogen and oxygen atoms in total. The summed E-state index contributed by atoms with van der Waals surface area (Å²) in [4.78, 5) is 0. The standard InChI is InChI=1S/C18H29N3/c1-5-13-19-16(14(3)4)11-12-17-15-9-7-8-10-18(15)21(6-2)20-17/h7-10,14,16,19H,5-6,11-13H2,1-4H3. The minimum atomic E-state index is 0.579. The van der Waals surface area contributed by atoms with E-state index in [1.165, 1.54) is 23.0 Å². The van der Waals surface area contributed by atoms with Gasteiger partial charge in [0.15, 0.2) is 0 Å². The molecule has 116 valence electrons. The fraction of sp³-hybridized carbons (Fsp3) is 0.611. The number of aryl methyl sites for hydroxylation is 2. The minimum absolute atomic E-state index is 0.579. The average Bonchev–Trinajstić information content (AvgIpc) is 2.85. The Labute approximate surface area is 128 Å². The molecule has 1 unspecified atom stereocenters. The number of fused-ring (bicyclic) bond motifs is 1. The molecule has 21 heavy (non-hydrogen) atoms. The van der Waals surface area contributed by atoms with Gasteiger partial charge < -0.3 is 5.32 Å². The third-order valence-corrected chi connectivity index (χ3v) is 4.19. The fourth-order valence-corrected chi connectivity index (χ4v) is 2.91. The Balaban J connectivity index is 2.12. The average molecular weight is 287 g/mol. The van der Waals surface area contributed by atoms with Gasteiger partial charge in [-0.3, -0.25) is 4.68 Å². The van der Waals surface area contributed by atoms with E-state index in [1.807, 2.05) is 0 Å².